The summed E-state index contributed by atoms with van der Waals surface area (Å²) in [5, 5.41) is 2.84. The molecule has 0 bridgehead atoms. The molecule has 2 atom stereocenters. The largest absolute Gasteiger partial charge is 0.352 e. The monoisotopic (exact) mass is 246 g/mol. The molecule has 0 fully saturated rings. The molecular formula is C10H15ClN2OS. The fourth-order valence-electron chi connectivity index (χ4n) is 1.12. The van der Waals surface area contributed by atoms with E-state index in [1.807, 2.05) is 19.9 Å². The quantitative estimate of drug-likeness (QED) is 0.854. The molecule has 0 radical (unpaired) electrons. The molecule has 0 spiro atoms. The summed E-state index contributed by atoms with van der Waals surface area (Å²) in [6.45, 7) is 4.19. The van der Waals surface area contributed by atoms with Crippen molar-refractivity contribution in [3.05, 3.63) is 21.3 Å². The molecular weight excluding hydrogens is 232 g/mol. The van der Waals surface area contributed by atoms with Crippen LogP contribution in [0.5, 0.6) is 0 Å². The molecule has 0 saturated heterocycles. The van der Waals surface area contributed by atoms with Crippen molar-refractivity contribution in [1.82, 2.24) is 5.32 Å². The molecule has 0 aliphatic carbocycles. The first-order chi connectivity index (χ1) is 7.04. The lowest BCUT2D eigenvalue weighted by atomic mass is 10.1. The molecule has 0 aliphatic rings. The number of nitrogens with one attached hydrogen (secondary N) is 1. The smallest absolute Gasteiger partial charge is 0.228 e. The van der Waals surface area contributed by atoms with Crippen molar-refractivity contribution in [3.8, 4) is 0 Å². The number of carbonyl (C=O) groups is 1. The molecule has 0 aliphatic heterocycles. The number of amides is 1. The van der Waals surface area contributed by atoms with Crippen molar-refractivity contribution in [2.24, 2.45) is 5.73 Å². The second-order valence-corrected chi connectivity index (χ2v) is 5.26. The van der Waals surface area contributed by atoms with Gasteiger partial charge in [0.05, 0.1) is 10.3 Å². The molecule has 0 saturated carbocycles. The second kappa shape index (κ2) is 5.49. The Balaban J connectivity index is 2.60. The topological polar surface area (TPSA) is 55.1 Å². The summed E-state index contributed by atoms with van der Waals surface area (Å²) < 4.78 is 0.705. The summed E-state index contributed by atoms with van der Waals surface area (Å²) >= 11 is 7.24. The highest BCUT2D eigenvalue weighted by Crippen LogP contribution is 2.28. The maximum Gasteiger partial charge on any atom is 0.228 e. The van der Waals surface area contributed by atoms with Gasteiger partial charge in [0.15, 0.2) is 0 Å². The summed E-state index contributed by atoms with van der Waals surface area (Å²) in [5.41, 5.74) is 5.43. The molecule has 1 aromatic rings. The maximum atomic E-state index is 11.7. The molecule has 3 nitrogen and oxygen atoms in total. The predicted molar refractivity (Wildman–Crippen MR) is 64.4 cm³/mol. The summed E-state index contributed by atoms with van der Waals surface area (Å²) in [5.74, 6) is -0.178. The Morgan fingerprint density at radius 3 is 2.73 bits per heavy atom. The molecule has 1 amide bonds. The molecule has 15 heavy (non-hydrogen) atoms. The lowest BCUT2D eigenvalue weighted by molar-refractivity contribution is -0.122. The van der Waals surface area contributed by atoms with Crippen LogP contribution in [0.4, 0.5) is 0 Å². The zero-order chi connectivity index (χ0) is 11.4. The van der Waals surface area contributed by atoms with Crippen LogP contribution in [-0.4, -0.2) is 18.5 Å². The fourth-order valence-corrected chi connectivity index (χ4v) is 2.23. The molecule has 84 valence electrons. The highest BCUT2D eigenvalue weighted by Gasteiger charge is 2.18. The first kappa shape index (κ1) is 12.5. The van der Waals surface area contributed by atoms with E-state index in [-0.39, 0.29) is 17.9 Å². The number of halogens is 1. The summed E-state index contributed by atoms with van der Waals surface area (Å²) in [4.78, 5) is 12.7. The Morgan fingerprint density at radius 1 is 1.60 bits per heavy atom. The van der Waals surface area contributed by atoms with Crippen LogP contribution in [0.25, 0.3) is 0 Å². The van der Waals surface area contributed by atoms with Gasteiger partial charge in [-0.3, -0.25) is 4.79 Å². The first-order valence-electron chi connectivity index (χ1n) is 4.80. The Morgan fingerprint density at radius 2 is 2.27 bits per heavy atom. The van der Waals surface area contributed by atoms with Crippen molar-refractivity contribution in [3.63, 3.8) is 0 Å². The summed E-state index contributed by atoms with van der Waals surface area (Å²) in [6, 6.07) is 3.69. The minimum atomic E-state index is -0.170. The molecule has 3 N–H and O–H groups in total. The van der Waals surface area contributed by atoms with Crippen LogP contribution in [0.1, 0.15) is 24.6 Å². The maximum absolute atomic E-state index is 11.7. The number of hydrogen-bond donors (Lipinski definition) is 2. The zero-order valence-electron chi connectivity index (χ0n) is 8.79. The van der Waals surface area contributed by atoms with E-state index in [2.05, 4.69) is 5.32 Å². The van der Waals surface area contributed by atoms with Gasteiger partial charge in [0, 0.05) is 17.5 Å². The lowest BCUT2D eigenvalue weighted by Gasteiger charge is -2.14. The van der Waals surface area contributed by atoms with E-state index < -0.39 is 0 Å². The van der Waals surface area contributed by atoms with Gasteiger partial charge >= 0.3 is 0 Å². The third kappa shape index (κ3) is 3.48. The highest BCUT2D eigenvalue weighted by atomic mass is 35.5. The minimum absolute atomic E-state index is 0.00790. The van der Waals surface area contributed by atoms with E-state index in [0.717, 1.165) is 4.88 Å². The van der Waals surface area contributed by atoms with E-state index in [1.165, 1.54) is 11.3 Å². The van der Waals surface area contributed by atoms with Crippen LogP contribution in [0.2, 0.25) is 4.34 Å². The molecule has 1 heterocycles. The molecule has 0 aromatic carbocycles. The number of rotatable bonds is 4. The van der Waals surface area contributed by atoms with E-state index in [0.29, 0.717) is 10.9 Å². The van der Waals surface area contributed by atoms with E-state index in [4.69, 9.17) is 17.3 Å². The third-order valence-corrected chi connectivity index (χ3v) is 3.57. The highest BCUT2D eigenvalue weighted by molar-refractivity contribution is 7.16. The van der Waals surface area contributed by atoms with E-state index >= 15 is 0 Å². The van der Waals surface area contributed by atoms with Crippen LogP contribution >= 0.6 is 22.9 Å². The summed E-state index contributed by atoms with van der Waals surface area (Å²) in [6.07, 6.45) is 0. The van der Waals surface area contributed by atoms with Crippen molar-refractivity contribution in [1.29, 1.82) is 0 Å². The van der Waals surface area contributed by atoms with Gasteiger partial charge in [0.2, 0.25) is 5.91 Å². The molecule has 5 heteroatoms. The van der Waals surface area contributed by atoms with Crippen molar-refractivity contribution in [2.45, 2.75) is 25.8 Å². The average molecular weight is 247 g/mol. The van der Waals surface area contributed by atoms with E-state index in [1.54, 1.807) is 6.07 Å². The number of nitrogens with two attached hydrogens (primary N) is 1. The standard InChI is InChI=1S/C10H15ClN2OS/c1-6(5-12)13-10(14)7(2)8-3-4-9(11)15-8/h3-4,6-7H,5,12H2,1-2H3,(H,13,14)/t6-,7?/m1/s1. The van der Waals surface area contributed by atoms with Gasteiger partial charge in [-0.15, -0.1) is 11.3 Å². The van der Waals surface area contributed by atoms with Gasteiger partial charge in [-0.05, 0) is 26.0 Å². The van der Waals surface area contributed by atoms with Crippen molar-refractivity contribution in [2.75, 3.05) is 6.54 Å². The van der Waals surface area contributed by atoms with Crippen LogP contribution in [0.3, 0.4) is 0 Å². The predicted octanol–water partition coefficient (Wildman–Crippen LogP) is 1.97. The summed E-state index contributed by atoms with van der Waals surface area (Å²) in [7, 11) is 0. The Hall–Kier alpha value is -0.580. The van der Waals surface area contributed by atoms with Crippen LogP contribution in [-0.2, 0) is 4.79 Å². The van der Waals surface area contributed by atoms with Gasteiger partial charge in [0.1, 0.15) is 0 Å². The third-order valence-electron chi connectivity index (χ3n) is 2.16. The number of carbonyl (C=O) groups excluding carboxylic acids is 1. The van der Waals surface area contributed by atoms with Gasteiger partial charge in [-0.25, -0.2) is 0 Å². The molecule has 1 rings (SSSR count). The normalized spacial score (nSPS) is 14.7. The van der Waals surface area contributed by atoms with Gasteiger partial charge in [-0.2, -0.15) is 0 Å². The van der Waals surface area contributed by atoms with Crippen LogP contribution in [0, 0.1) is 0 Å². The SMILES string of the molecule is CC(C(=O)N[C@H](C)CN)c1ccc(Cl)s1. The van der Waals surface area contributed by atoms with Gasteiger partial charge in [0.25, 0.3) is 0 Å². The fraction of sp³-hybridized carbons (Fsp3) is 0.500. The van der Waals surface area contributed by atoms with Gasteiger partial charge < -0.3 is 11.1 Å². The van der Waals surface area contributed by atoms with Crippen molar-refractivity contribution < 1.29 is 4.79 Å². The molecule has 1 unspecified atom stereocenters. The van der Waals surface area contributed by atoms with Gasteiger partial charge in [-0.1, -0.05) is 11.6 Å². The van der Waals surface area contributed by atoms with E-state index in [9.17, 15) is 4.79 Å². The average Bonchev–Trinajstić information content (AvgIpc) is 2.63. The lowest BCUT2D eigenvalue weighted by Crippen LogP contribution is -2.39. The number of thiophene rings is 1. The minimum Gasteiger partial charge on any atom is -0.352 e. The second-order valence-electron chi connectivity index (χ2n) is 3.51. The van der Waals surface area contributed by atoms with Crippen molar-refractivity contribution >= 4 is 28.8 Å². The number of hydrogen-bond acceptors (Lipinski definition) is 3. The molecule has 1 aromatic heterocycles. The zero-order valence-corrected chi connectivity index (χ0v) is 10.4. The first-order valence-corrected chi connectivity index (χ1v) is 5.99. The Kier molecular flexibility index (Phi) is 4.57. The Labute approximate surface area is 98.6 Å². The van der Waals surface area contributed by atoms with Crippen LogP contribution < -0.4 is 11.1 Å². The van der Waals surface area contributed by atoms with Crippen LogP contribution in [0.15, 0.2) is 12.1 Å². The Bertz CT molecular complexity index is 340.